The van der Waals surface area contributed by atoms with Gasteiger partial charge >= 0.3 is 0 Å². The van der Waals surface area contributed by atoms with Crippen LogP contribution in [0.4, 0.5) is 11.4 Å². The number of ether oxygens (including phenoxy) is 1. The molecule has 0 spiro atoms. The molecule has 0 aliphatic carbocycles. The zero-order valence-electron chi connectivity index (χ0n) is 15.2. The first-order chi connectivity index (χ1) is 13.6. The van der Waals surface area contributed by atoms with E-state index in [1.54, 1.807) is 18.3 Å². The van der Waals surface area contributed by atoms with Gasteiger partial charge in [-0.1, -0.05) is 35.3 Å². The molecule has 4 rings (SSSR count). The Hall–Kier alpha value is -2.34. The van der Waals surface area contributed by atoms with Gasteiger partial charge in [-0.25, -0.2) is 9.97 Å². The topological polar surface area (TPSA) is 64.3 Å². The Morgan fingerprint density at radius 2 is 1.68 bits per heavy atom. The molecule has 5 nitrogen and oxygen atoms in total. The molecule has 0 radical (unpaired) electrons. The lowest BCUT2D eigenvalue weighted by Gasteiger charge is -2.28. The van der Waals surface area contributed by atoms with E-state index in [1.807, 2.05) is 6.07 Å². The third-order valence-electron chi connectivity index (χ3n) is 4.76. The molecule has 28 heavy (non-hydrogen) atoms. The van der Waals surface area contributed by atoms with Crippen LogP contribution in [0.1, 0.15) is 11.4 Å². The first-order valence-corrected chi connectivity index (χ1v) is 9.84. The molecule has 0 saturated carbocycles. The van der Waals surface area contributed by atoms with Gasteiger partial charge in [0.05, 0.1) is 34.6 Å². The summed E-state index contributed by atoms with van der Waals surface area (Å²) in [5.41, 5.74) is 10.1. The highest BCUT2D eigenvalue weighted by molar-refractivity contribution is 6.39. The van der Waals surface area contributed by atoms with Crippen LogP contribution in [0.5, 0.6) is 0 Å². The average molecular weight is 415 g/mol. The van der Waals surface area contributed by atoms with Crippen molar-refractivity contribution >= 4 is 34.6 Å². The van der Waals surface area contributed by atoms with Crippen molar-refractivity contribution in [1.82, 2.24) is 9.97 Å². The van der Waals surface area contributed by atoms with E-state index in [0.717, 1.165) is 48.9 Å². The standard InChI is InChI=1S/C21H20Cl2N4O/c22-17-12-15(13-18(23)21(17)24)19-5-6-25-20(26-19)11-14-1-3-16(4-2-14)27-7-9-28-10-8-27/h1-6,12-13H,7-11,24H2. The minimum absolute atomic E-state index is 0.377. The number of benzene rings is 2. The van der Waals surface area contributed by atoms with E-state index in [0.29, 0.717) is 22.2 Å². The van der Waals surface area contributed by atoms with Crippen LogP contribution < -0.4 is 10.6 Å². The number of rotatable bonds is 4. The van der Waals surface area contributed by atoms with E-state index in [9.17, 15) is 0 Å². The number of morpholine rings is 1. The monoisotopic (exact) mass is 414 g/mol. The van der Waals surface area contributed by atoms with Gasteiger partial charge in [0.25, 0.3) is 0 Å². The summed E-state index contributed by atoms with van der Waals surface area (Å²) in [5.74, 6) is 0.737. The Kier molecular flexibility index (Phi) is 5.67. The van der Waals surface area contributed by atoms with Gasteiger partial charge < -0.3 is 15.4 Å². The molecular weight excluding hydrogens is 395 g/mol. The van der Waals surface area contributed by atoms with Crippen LogP contribution in [0, 0.1) is 0 Å². The maximum Gasteiger partial charge on any atom is 0.133 e. The molecule has 0 atom stereocenters. The second-order valence-electron chi connectivity index (χ2n) is 6.65. The lowest BCUT2D eigenvalue weighted by atomic mass is 10.1. The highest BCUT2D eigenvalue weighted by atomic mass is 35.5. The maximum atomic E-state index is 6.15. The summed E-state index contributed by atoms with van der Waals surface area (Å²) in [5, 5.41) is 0.836. The molecule has 0 unspecified atom stereocenters. The van der Waals surface area contributed by atoms with Gasteiger partial charge in [0.15, 0.2) is 0 Å². The Balaban J connectivity index is 1.52. The number of aromatic nitrogens is 2. The van der Waals surface area contributed by atoms with Crippen LogP contribution >= 0.6 is 23.2 Å². The fourth-order valence-corrected chi connectivity index (χ4v) is 3.69. The van der Waals surface area contributed by atoms with Gasteiger partial charge in [-0.05, 0) is 35.9 Å². The predicted octanol–water partition coefficient (Wildman–Crippen LogP) is 4.46. The number of hydrogen-bond donors (Lipinski definition) is 1. The summed E-state index contributed by atoms with van der Waals surface area (Å²) in [7, 11) is 0. The number of anilines is 2. The summed E-state index contributed by atoms with van der Waals surface area (Å²) in [6, 6.07) is 13.9. The van der Waals surface area contributed by atoms with E-state index in [2.05, 4.69) is 39.1 Å². The van der Waals surface area contributed by atoms with Crippen LogP contribution in [0.25, 0.3) is 11.3 Å². The van der Waals surface area contributed by atoms with Crippen LogP contribution in [0.3, 0.4) is 0 Å². The third kappa shape index (κ3) is 4.22. The van der Waals surface area contributed by atoms with Crippen molar-refractivity contribution in [2.24, 2.45) is 0 Å². The first kappa shape index (κ1) is 19.0. The minimum atomic E-state index is 0.377. The molecule has 144 valence electrons. The van der Waals surface area contributed by atoms with E-state index in [4.69, 9.17) is 33.7 Å². The Morgan fingerprint density at radius 3 is 2.36 bits per heavy atom. The van der Waals surface area contributed by atoms with Crippen molar-refractivity contribution in [3.63, 3.8) is 0 Å². The molecule has 2 N–H and O–H groups in total. The number of hydrogen-bond acceptors (Lipinski definition) is 5. The largest absolute Gasteiger partial charge is 0.396 e. The molecule has 0 amide bonds. The summed E-state index contributed by atoms with van der Waals surface area (Å²) in [6.45, 7) is 3.41. The van der Waals surface area contributed by atoms with Gasteiger partial charge in [-0.2, -0.15) is 0 Å². The predicted molar refractivity (Wildman–Crippen MR) is 114 cm³/mol. The molecular formula is C21H20Cl2N4O. The Morgan fingerprint density at radius 1 is 1.00 bits per heavy atom. The van der Waals surface area contributed by atoms with Gasteiger partial charge in [-0.3, -0.25) is 0 Å². The molecule has 7 heteroatoms. The van der Waals surface area contributed by atoms with E-state index >= 15 is 0 Å². The van der Waals surface area contributed by atoms with Crippen molar-refractivity contribution in [2.45, 2.75) is 6.42 Å². The van der Waals surface area contributed by atoms with Crippen LogP contribution in [-0.2, 0) is 11.2 Å². The quantitative estimate of drug-likeness (QED) is 0.638. The highest BCUT2D eigenvalue weighted by Crippen LogP contribution is 2.32. The normalized spacial score (nSPS) is 14.3. The molecule has 2 heterocycles. The SMILES string of the molecule is Nc1c(Cl)cc(-c2ccnc(Cc3ccc(N4CCOCC4)cc3)n2)cc1Cl. The number of nitrogens with zero attached hydrogens (tertiary/aromatic N) is 3. The second kappa shape index (κ2) is 8.35. The van der Waals surface area contributed by atoms with Crippen LogP contribution in [-0.4, -0.2) is 36.3 Å². The molecule has 1 fully saturated rings. The molecule has 1 aliphatic heterocycles. The lowest BCUT2D eigenvalue weighted by molar-refractivity contribution is 0.122. The Labute approximate surface area is 174 Å². The molecule has 0 bridgehead atoms. The molecule has 2 aromatic carbocycles. The first-order valence-electron chi connectivity index (χ1n) is 9.08. The molecule has 1 aliphatic rings. The van der Waals surface area contributed by atoms with Gasteiger partial charge in [0.2, 0.25) is 0 Å². The van der Waals surface area contributed by atoms with Crippen molar-refractivity contribution in [1.29, 1.82) is 0 Å². The van der Waals surface area contributed by atoms with Crippen molar-refractivity contribution in [2.75, 3.05) is 36.9 Å². The lowest BCUT2D eigenvalue weighted by Crippen LogP contribution is -2.36. The fourth-order valence-electron chi connectivity index (χ4n) is 3.21. The number of nitrogen functional groups attached to an aromatic ring is 1. The van der Waals surface area contributed by atoms with Gasteiger partial charge in [0.1, 0.15) is 5.82 Å². The second-order valence-corrected chi connectivity index (χ2v) is 7.47. The zero-order valence-corrected chi connectivity index (χ0v) is 16.7. The highest BCUT2D eigenvalue weighted by Gasteiger charge is 2.12. The third-order valence-corrected chi connectivity index (χ3v) is 5.38. The van der Waals surface area contributed by atoms with Crippen molar-refractivity contribution in [3.8, 4) is 11.3 Å². The van der Waals surface area contributed by atoms with E-state index < -0.39 is 0 Å². The van der Waals surface area contributed by atoms with Crippen molar-refractivity contribution < 1.29 is 4.74 Å². The summed E-state index contributed by atoms with van der Waals surface area (Å²) in [6.07, 6.45) is 2.39. The van der Waals surface area contributed by atoms with Gasteiger partial charge in [0, 0.05) is 37.0 Å². The maximum absolute atomic E-state index is 6.15. The van der Waals surface area contributed by atoms with E-state index in [-0.39, 0.29) is 0 Å². The summed E-state index contributed by atoms with van der Waals surface area (Å²) < 4.78 is 5.41. The minimum Gasteiger partial charge on any atom is -0.396 e. The summed E-state index contributed by atoms with van der Waals surface area (Å²) in [4.78, 5) is 11.4. The molecule has 1 aromatic heterocycles. The van der Waals surface area contributed by atoms with E-state index in [1.165, 1.54) is 5.69 Å². The smallest absolute Gasteiger partial charge is 0.133 e. The number of halogens is 2. The molecule has 1 saturated heterocycles. The van der Waals surface area contributed by atoms with Crippen LogP contribution in [0.2, 0.25) is 10.0 Å². The average Bonchev–Trinajstić information content (AvgIpc) is 2.73. The zero-order chi connectivity index (χ0) is 19.5. The van der Waals surface area contributed by atoms with Crippen LogP contribution in [0.15, 0.2) is 48.7 Å². The summed E-state index contributed by atoms with van der Waals surface area (Å²) >= 11 is 12.3. The fraction of sp³-hybridized carbons (Fsp3) is 0.238. The van der Waals surface area contributed by atoms with Gasteiger partial charge in [-0.15, -0.1) is 0 Å². The van der Waals surface area contributed by atoms with Crippen molar-refractivity contribution in [3.05, 3.63) is 70.1 Å². The Bertz CT molecular complexity index is 949. The molecule has 3 aromatic rings. The number of nitrogens with two attached hydrogens (primary N) is 1.